The largest absolute Gasteiger partial charge is 0.462 e. The van der Waals surface area contributed by atoms with Crippen molar-refractivity contribution in [3.63, 3.8) is 0 Å². The summed E-state index contributed by atoms with van der Waals surface area (Å²) in [4.78, 5) is 55.8. The predicted molar refractivity (Wildman–Crippen MR) is 217 cm³/mol. The van der Waals surface area contributed by atoms with Crippen molar-refractivity contribution >= 4 is 67.1 Å². The lowest BCUT2D eigenvalue weighted by Gasteiger charge is -2.12. The molecule has 0 spiro atoms. The summed E-state index contributed by atoms with van der Waals surface area (Å²) in [6.45, 7) is 12.9. The molecule has 3 aromatic rings. The summed E-state index contributed by atoms with van der Waals surface area (Å²) < 4.78 is 26.8. The van der Waals surface area contributed by atoms with Crippen LogP contribution in [0.15, 0.2) is 21.3 Å². The number of thiophene rings is 1. The van der Waals surface area contributed by atoms with Crippen LogP contribution in [0.25, 0.3) is 21.1 Å². The van der Waals surface area contributed by atoms with Crippen LogP contribution in [0.5, 0.6) is 0 Å². The summed E-state index contributed by atoms with van der Waals surface area (Å²) in [5.41, 5.74) is 1.54. The minimum atomic E-state index is -0.631. The van der Waals surface area contributed by atoms with E-state index in [0.29, 0.717) is 43.4 Å². The molecule has 0 aliphatic rings. The molecule has 0 atom stereocenters. The van der Waals surface area contributed by atoms with Gasteiger partial charge in [-0.25, -0.2) is 19.2 Å². The summed E-state index contributed by atoms with van der Waals surface area (Å²) in [6.07, 6.45) is 12.8. The Balaban J connectivity index is 2.29. The number of carbonyl (C=O) groups is 4. The average Bonchev–Trinajstić information content (AvgIpc) is 3.80. The Kier molecular flexibility index (Phi) is 19.4. The molecule has 0 aromatic carbocycles. The standard InChI is InChI=1S/C40H56Br2N2O8S/c1-7-13-15-17-19-21-25-43-33(29(37(45)49-9-3)31(35(43)41)39(47)51-11-5)27-23-24-28(53-27)34-30(38(46)50-10-4)32(40(48)52-12-6)36(42)44(34)26-22-20-18-16-14-8-2/h23-24H,7-22,25-26H2,1-6H3. The first-order valence-electron chi connectivity index (χ1n) is 19.3. The number of nitrogens with zero attached hydrogens (tertiary/aromatic N) is 2. The molecule has 10 nitrogen and oxygen atoms in total. The summed E-state index contributed by atoms with van der Waals surface area (Å²) in [5, 5.41) is 0. The Morgan fingerprint density at radius 3 is 1.11 bits per heavy atom. The van der Waals surface area contributed by atoms with Crippen LogP contribution in [0.4, 0.5) is 0 Å². The fourth-order valence-corrected chi connectivity index (χ4v) is 8.94. The summed E-state index contributed by atoms with van der Waals surface area (Å²) in [6, 6.07) is 3.76. The average molecular weight is 885 g/mol. The van der Waals surface area contributed by atoms with Crippen molar-refractivity contribution in [1.29, 1.82) is 0 Å². The quantitative estimate of drug-likeness (QED) is 0.0496. The highest BCUT2D eigenvalue weighted by Crippen LogP contribution is 2.45. The van der Waals surface area contributed by atoms with Gasteiger partial charge in [0.1, 0.15) is 31.5 Å². The SMILES string of the molecule is CCCCCCCCn1c(Br)c(C(=O)OCC)c(C(=O)OCC)c1-c1ccc(-c2c(C(=O)OCC)c(C(=O)OCC)c(Br)n2CCCCCCCC)s1. The fraction of sp³-hybridized carbons (Fsp3) is 0.600. The van der Waals surface area contributed by atoms with Gasteiger partial charge in [-0.2, -0.15) is 0 Å². The van der Waals surface area contributed by atoms with E-state index in [0.717, 1.165) is 64.2 Å². The number of unbranched alkanes of at least 4 members (excludes halogenated alkanes) is 10. The third-order valence-corrected chi connectivity index (χ3v) is 11.6. The zero-order valence-electron chi connectivity index (χ0n) is 32.2. The molecule has 0 saturated carbocycles. The molecule has 0 radical (unpaired) electrons. The Labute approximate surface area is 335 Å². The Morgan fingerprint density at radius 1 is 0.491 bits per heavy atom. The summed E-state index contributed by atoms with van der Waals surface area (Å²) in [5.74, 6) is -2.51. The van der Waals surface area contributed by atoms with E-state index in [4.69, 9.17) is 18.9 Å². The van der Waals surface area contributed by atoms with Crippen molar-refractivity contribution in [2.24, 2.45) is 0 Å². The molecule has 0 amide bonds. The molecule has 3 heterocycles. The lowest BCUT2D eigenvalue weighted by Crippen LogP contribution is -2.13. The van der Waals surface area contributed by atoms with Crippen molar-refractivity contribution in [2.75, 3.05) is 26.4 Å². The molecular weight excluding hydrogens is 828 g/mol. The number of esters is 4. The van der Waals surface area contributed by atoms with Gasteiger partial charge >= 0.3 is 23.9 Å². The Bertz CT molecular complexity index is 1560. The molecule has 3 aromatic heterocycles. The third-order valence-electron chi connectivity index (χ3n) is 8.86. The van der Waals surface area contributed by atoms with Gasteiger partial charge in [0.25, 0.3) is 0 Å². The van der Waals surface area contributed by atoms with E-state index in [-0.39, 0.29) is 48.7 Å². The van der Waals surface area contributed by atoms with E-state index in [2.05, 4.69) is 45.7 Å². The zero-order chi connectivity index (χ0) is 38.9. The lowest BCUT2D eigenvalue weighted by atomic mass is 10.1. The number of aromatic nitrogens is 2. The van der Waals surface area contributed by atoms with E-state index < -0.39 is 23.9 Å². The van der Waals surface area contributed by atoms with Gasteiger partial charge in [-0.3, -0.25) is 0 Å². The van der Waals surface area contributed by atoms with E-state index in [1.807, 2.05) is 21.3 Å². The minimum Gasteiger partial charge on any atom is -0.462 e. The molecule has 53 heavy (non-hydrogen) atoms. The van der Waals surface area contributed by atoms with Crippen molar-refractivity contribution in [2.45, 2.75) is 132 Å². The van der Waals surface area contributed by atoms with Crippen LogP contribution in [0.2, 0.25) is 0 Å². The fourth-order valence-electron chi connectivity index (χ4n) is 6.39. The van der Waals surface area contributed by atoms with Crippen molar-refractivity contribution in [1.82, 2.24) is 9.13 Å². The van der Waals surface area contributed by atoms with Gasteiger partial charge in [-0.1, -0.05) is 78.1 Å². The maximum atomic E-state index is 13.7. The zero-order valence-corrected chi connectivity index (χ0v) is 36.2. The molecular formula is C40H56Br2N2O8S. The highest BCUT2D eigenvalue weighted by Gasteiger charge is 2.36. The third kappa shape index (κ3) is 11.3. The topological polar surface area (TPSA) is 115 Å². The van der Waals surface area contributed by atoms with Gasteiger partial charge in [0.05, 0.1) is 47.6 Å². The molecule has 0 aliphatic heterocycles. The Hall–Kier alpha value is -2.90. The smallest absolute Gasteiger partial charge is 0.341 e. The minimum absolute atomic E-state index is 0.118. The second-order valence-corrected chi connectivity index (χ2v) is 15.2. The molecule has 0 fully saturated rings. The first kappa shape index (κ1) is 44.5. The maximum absolute atomic E-state index is 13.7. The summed E-state index contributed by atoms with van der Waals surface area (Å²) >= 11 is 8.71. The van der Waals surface area contributed by atoms with Crippen LogP contribution in [-0.2, 0) is 32.0 Å². The molecule has 3 rings (SSSR count). The Morgan fingerprint density at radius 2 is 0.792 bits per heavy atom. The number of hydrogen-bond donors (Lipinski definition) is 0. The van der Waals surface area contributed by atoms with E-state index >= 15 is 0 Å². The normalized spacial score (nSPS) is 11.2. The molecule has 0 bridgehead atoms. The number of rotatable bonds is 24. The number of carbonyl (C=O) groups excluding carboxylic acids is 4. The van der Waals surface area contributed by atoms with Crippen molar-refractivity contribution < 1.29 is 38.1 Å². The first-order chi connectivity index (χ1) is 25.6. The van der Waals surface area contributed by atoms with Gasteiger partial charge < -0.3 is 28.1 Å². The number of hydrogen-bond acceptors (Lipinski definition) is 9. The molecule has 294 valence electrons. The van der Waals surface area contributed by atoms with Crippen LogP contribution in [0.3, 0.4) is 0 Å². The maximum Gasteiger partial charge on any atom is 0.341 e. The van der Waals surface area contributed by atoms with Crippen LogP contribution in [-0.4, -0.2) is 59.4 Å². The van der Waals surface area contributed by atoms with Gasteiger partial charge in [0.15, 0.2) is 0 Å². The van der Waals surface area contributed by atoms with E-state index in [9.17, 15) is 19.2 Å². The van der Waals surface area contributed by atoms with Crippen molar-refractivity contribution in [3.8, 4) is 21.1 Å². The van der Waals surface area contributed by atoms with Crippen LogP contribution < -0.4 is 0 Å². The highest BCUT2D eigenvalue weighted by atomic mass is 79.9. The van der Waals surface area contributed by atoms with Crippen LogP contribution in [0, 0.1) is 0 Å². The molecule has 0 aliphatic carbocycles. The molecule has 0 unspecified atom stereocenters. The van der Waals surface area contributed by atoms with Crippen molar-refractivity contribution in [3.05, 3.63) is 43.6 Å². The molecule has 13 heteroatoms. The predicted octanol–water partition coefficient (Wildman–Crippen LogP) is 11.6. The van der Waals surface area contributed by atoms with E-state index in [1.54, 1.807) is 27.7 Å². The van der Waals surface area contributed by atoms with Crippen LogP contribution in [0.1, 0.15) is 160 Å². The molecule has 0 saturated heterocycles. The number of halogens is 2. The lowest BCUT2D eigenvalue weighted by molar-refractivity contribution is 0.0480. The second-order valence-electron chi connectivity index (χ2n) is 12.7. The van der Waals surface area contributed by atoms with Gasteiger partial charge in [0, 0.05) is 13.1 Å². The van der Waals surface area contributed by atoms with E-state index in [1.165, 1.54) is 24.2 Å². The summed E-state index contributed by atoms with van der Waals surface area (Å²) in [7, 11) is 0. The first-order valence-corrected chi connectivity index (χ1v) is 21.7. The highest BCUT2D eigenvalue weighted by molar-refractivity contribution is 9.10. The number of ether oxygens (including phenoxy) is 4. The second kappa shape index (κ2) is 23.1. The van der Waals surface area contributed by atoms with Gasteiger partial charge in [-0.15, -0.1) is 11.3 Å². The molecule has 0 N–H and O–H groups in total. The monoisotopic (exact) mass is 882 g/mol. The van der Waals surface area contributed by atoms with Crippen LogP contribution >= 0.6 is 43.2 Å². The van der Waals surface area contributed by atoms with Gasteiger partial charge in [0.2, 0.25) is 0 Å². The van der Waals surface area contributed by atoms with Gasteiger partial charge in [-0.05, 0) is 84.5 Å².